The Morgan fingerprint density at radius 3 is 2.57 bits per heavy atom. The number of carbonyl (C=O) groups excluding carboxylic acids is 1. The molecule has 0 saturated carbocycles. The maximum Gasteiger partial charge on any atom is 0.258 e. The summed E-state index contributed by atoms with van der Waals surface area (Å²) in [5, 5.41) is 25.3. The van der Waals surface area contributed by atoms with E-state index >= 15 is 0 Å². The fourth-order valence-electron chi connectivity index (χ4n) is 3.41. The molecule has 0 bridgehead atoms. The monoisotopic (exact) mass is 413 g/mol. The van der Waals surface area contributed by atoms with Gasteiger partial charge in [0, 0.05) is 7.05 Å². The van der Waals surface area contributed by atoms with Crippen LogP contribution in [0.15, 0.2) is 35.4 Å². The third-order valence-electron chi connectivity index (χ3n) is 4.99. The highest BCUT2D eigenvalue weighted by atomic mass is 16.3. The van der Waals surface area contributed by atoms with Crippen molar-refractivity contribution in [3.63, 3.8) is 0 Å². The SMILES string of the molecule is CCCCCc1cc(O)c(-c2cccc(C)c2)c(O)c1C(=O)N(C)C/C(=N/N)NN. The Hall–Kier alpha value is -3.26. The molecule has 0 aliphatic carbocycles. The van der Waals surface area contributed by atoms with E-state index in [1.165, 1.54) is 4.90 Å². The molecule has 0 aromatic heterocycles. The van der Waals surface area contributed by atoms with Crippen molar-refractivity contribution in [2.75, 3.05) is 13.6 Å². The Labute approximate surface area is 177 Å². The van der Waals surface area contributed by atoms with Crippen molar-refractivity contribution in [3.05, 3.63) is 47.0 Å². The number of rotatable bonds is 8. The largest absolute Gasteiger partial charge is 0.507 e. The van der Waals surface area contributed by atoms with Gasteiger partial charge in [0.1, 0.15) is 11.5 Å². The van der Waals surface area contributed by atoms with E-state index in [2.05, 4.69) is 17.5 Å². The van der Waals surface area contributed by atoms with E-state index in [1.54, 1.807) is 19.2 Å². The fourth-order valence-corrected chi connectivity index (χ4v) is 3.41. The van der Waals surface area contributed by atoms with Crippen molar-refractivity contribution in [3.8, 4) is 22.6 Å². The van der Waals surface area contributed by atoms with E-state index in [0.717, 1.165) is 24.8 Å². The topological polar surface area (TPSA) is 137 Å². The number of nitrogens with zero attached hydrogens (tertiary/aromatic N) is 2. The zero-order valence-corrected chi connectivity index (χ0v) is 17.8. The molecule has 8 nitrogen and oxygen atoms in total. The number of likely N-dealkylation sites (N-methyl/N-ethyl adjacent to an activating group) is 1. The lowest BCUT2D eigenvalue weighted by molar-refractivity contribution is 0.0810. The Morgan fingerprint density at radius 2 is 1.97 bits per heavy atom. The first-order chi connectivity index (χ1) is 14.3. The lowest BCUT2D eigenvalue weighted by Gasteiger charge is -2.22. The van der Waals surface area contributed by atoms with Crippen LogP contribution < -0.4 is 17.1 Å². The quantitative estimate of drug-likeness (QED) is 0.148. The van der Waals surface area contributed by atoms with Crippen LogP contribution in [0, 0.1) is 6.92 Å². The second-order valence-corrected chi connectivity index (χ2v) is 7.36. The summed E-state index contributed by atoms with van der Waals surface area (Å²) in [5.41, 5.74) is 4.94. The lowest BCUT2D eigenvalue weighted by atomic mass is 9.92. The normalized spacial score (nSPS) is 11.4. The minimum atomic E-state index is -0.413. The van der Waals surface area contributed by atoms with E-state index < -0.39 is 5.91 Å². The van der Waals surface area contributed by atoms with Gasteiger partial charge in [0.15, 0.2) is 5.84 Å². The van der Waals surface area contributed by atoms with E-state index in [4.69, 9.17) is 11.7 Å². The second kappa shape index (κ2) is 10.5. The number of carbonyl (C=O) groups is 1. The number of aryl methyl sites for hydroxylation is 2. The highest BCUT2D eigenvalue weighted by Gasteiger charge is 2.26. The van der Waals surface area contributed by atoms with E-state index in [-0.39, 0.29) is 35.0 Å². The zero-order valence-electron chi connectivity index (χ0n) is 17.8. The molecular weight excluding hydrogens is 382 g/mol. The number of hydrazone groups is 1. The van der Waals surface area contributed by atoms with Crippen LogP contribution in [0.3, 0.4) is 0 Å². The summed E-state index contributed by atoms with van der Waals surface area (Å²) >= 11 is 0. The lowest BCUT2D eigenvalue weighted by Crippen LogP contribution is -2.42. The summed E-state index contributed by atoms with van der Waals surface area (Å²) in [6.07, 6.45) is 3.39. The number of benzene rings is 2. The summed E-state index contributed by atoms with van der Waals surface area (Å²) in [5.74, 6) is 10.1. The van der Waals surface area contributed by atoms with Crippen molar-refractivity contribution >= 4 is 11.7 Å². The molecule has 8 heteroatoms. The molecular formula is C22H31N5O3. The van der Waals surface area contributed by atoms with Gasteiger partial charge < -0.3 is 26.4 Å². The molecule has 0 fully saturated rings. The summed E-state index contributed by atoms with van der Waals surface area (Å²) in [6.45, 7) is 4.05. The van der Waals surface area contributed by atoms with Gasteiger partial charge in [-0.05, 0) is 37.0 Å². The first-order valence-electron chi connectivity index (χ1n) is 9.97. The second-order valence-electron chi connectivity index (χ2n) is 7.36. The predicted octanol–water partition coefficient (Wildman–Crippen LogP) is 2.61. The van der Waals surface area contributed by atoms with Crippen molar-refractivity contribution in [2.24, 2.45) is 16.8 Å². The number of phenols is 2. The number of hydrazine groups is 1. The van der Waals surface area contributed by atoms with Crippen molar-refractivity contribution in [1.82, 2.24) is 10.3 Å². The van der Waals surface area contributed by atoms with Gasteiger partial charge in [0.05, 0.1) is 17.7 Å². The van der Waals surface area contributed by atoms with Gasteiger partial charge in [-0.15, -0.1) is 0 Å². The maximum atomic E-state index is 13.3. The van der Waals surface area contributed by atoms with Gasteiger partial charge in [0.2, 0.25) is 0 Å². The third-order valence-corrected chi connectivity index (χ3v) is 4.99. The van der Waals surface area contributed by atoms with Gasteiger partial charge in [-0.3, -0.25) is 4.79 Å². The van der Waals surface area contributed by atoms with Crippen LogP contribution in [0.2, 0.25) is 0 Å². The van der Waals surface area contributed by atoms with Crippen LogP contribution in [-0.4, -0.2) is 40.4 Å². The van der Waals surface area contributed by atoms with Gasteiger partial charge in [0.25, 0.3) is 5.91 Å². The molecule has 1 amide bonds. The van der Waals surface area contributed by atoms with Crippen molar-refractivity contribution in [2.45, 2.75) is 39.5 Å². The smallest absolute Gasteiger partial charge is 0.258 e. The van der Waals surface area contributed by atoms with Crippen LogP contribution in [0.4, 0.5) is 0 Å². The number of phenolic OH excluding ortho intramolecular Hbond substituents is 2. The van der Waals surface area contributed by atoms with Crippen LogP contribution in [-0.2, 0) is 6.42 Å². The number of nitrogens with one attached hydrogen (secondary N) is 1. The number of aromatic hydroxyl groups is 2. The highest BCUT2D eigenvalue weighted by Crippen LogP contribution is 2.42. The molecule has 0 spiro atoms. The van der Waals surface area contributed by atoms with Gasteiger partial charge >= 0.3 is 0 Å². The molecule has 0 radical (unpaired) electrons. The molecule has 0 saturated heterocycles. The van der Waals surface area contributed by atoms with Crippen LogP contribution in [0.5, 0.6) is 11.5 Å². The van der Waals surface area contributed by atoms with Crippen molar-refractivity contribution in [1.29, 1.82) is 0 Å². The van der Waals surface area contributed by atoms with Gasteiger partial charge in [-0.25, -0.2) is 5.84 Å². The van der Waals surface area contributed by atoms with Crippen LogP contribution in [0.1, 0.15) is 47.7 Å². The molecule has 162 valence electrons. The number of unbranched alkanes of at least 4 members (excludes halogenated alkanes) is 2. The van der Waals surface area contributed by atoms with Crippen LogP contribution in [0.25, 0.3) is 11.1 Å². The highest BCUT2D eigenvalue weighted by molar-refractivity contribution is 6.03. The maximum absolute atomic E-state index is 13.3. The number of amidine groups is 1. The molecule has 0 atom stereocenters. The molecule has 0 unspecified atom stereocenters. The Balaban J connectivity index is 2.58. The van der Waals surface area contributed by atoms with E-state index in [9.17, 15) is 15.0 Å². The zero-order chi connectivity index (χ0) is 22.3. The summed E-state index contributed by atoms with van der Waals surface area (Å²) in [6, 6.07) is 8.97. The number of nitrogens with two attached hydrogens (primary N) is 2. The summed E-state index contributed by atoms with van der Waals surface area (Å²) in [4.78, 5) is 14.6. The molecule has 7 N–H and O–H groups in total. The Kier molecular flexibility index (Phi) is 8.06. The number of hydrogen-bond acceptors (Lipinski definition) is 6. The van der Waals surface area contributed by atoms with Crippen molar-refractivity contribution < 1.29 is 15.0 Å². The number of amides is 1. The van der Waals surface area contributed by atoms with Crippen LogP contribution >= 0.6 is 0 Å². The predicted molar refractivity (Wildman–Crippen MR) is 119 cm³/mol. The Morgan fingerprint density at radius 1 is 1.23 bits per heavy atom. The van der Waals surface area contributed by atoms with Gasteiger partial charge in [-0.2, -0.15) is 5.10 Å². The third kappa shape index (κ3) is 5.21. The first-order valence-corrected chi connectivity index (χ1v) is 9.97. The van der Waals surface area contributed by atoms with E-state index in [0.29, 0.717) is 17.5 Å². The average Bonchev–Trinajstić information content (AvgIpc) is 2.71. The fraction of sp³-hybridized carbons (Fsp3) is 0.364. The van der Waals surface area contributed by atoms with E-state index in [1.807, 2.05) is 25.1 Å². The molecule has 2 rings (SSSR count). The molecule has 30 heavy (non-hydrogen) atoms. The molecule has 0 heterocycles. The first kappa shape index (κ1) is 23.0. The standard InChI is InChI=1S/C22H31N5O3/c1-4-5-6-9-16-12-17(28)19(15-10-7-8-14(2)11-15)21(29)20(16)22(30)27(3)13-18(25-23)26-24/h7-8,10-12,28-29H,4-6,9,13,23-24H2,1-3H3,(H,25,26). The summed E-state index contributed by atoms with van der Waals surface area (Å²) < 4.78 is 0. The molecule has 2 aromatic rings. The molecule has 2 aromatic carbocycles. The molecule has 0 aliphatic heterocycles. The molecule has 0 aliphatic rings. The minimum Gasteiger partial charge on any atom is -0.507 e. The number of hydrogen-bond donors (Lipinski definition) is 5. The average molecular weight is 414 g/mol. The Bertz CT molecular complexity index is 927. The summed E-state index contributed by atoms with van der Waals surface area (Å²) in [7, 11) is 1.57. The van der Waals surface area contributed by atoms with Gasteiger partial charge in [-0.1, -0.05) is 49.6 Å². The minimum absolute atomic E-state index is 0.0420.